The van der Waals surface area contributed by atoms with Crippen LogP contribution in [0.25, 0.3) is 0 Å². The van der Waals surface area contributed by atoms with Crippen molar-refractivity contribution in [3.8, 4) is 0 Å². The number of nitrogens with one attached hydrogen (secondary N) is 2. The number of carbonyl (C=O) groups excluding carboxylic acids is 1. The van der Waals surface area contributed by atoms with Gasteiger partial charge in [-0.15, -0.1) is 0 Å². The Kier molecular flexibility index (Phi) is 5.13. The normalized spacial score (nSPS) is 27.0. The van der Waals surface area contributed by atoms with Crippen LogP contribution in [0.3, 0.4) is 0 Å². The van der Waals surface area contributed by atoms with Gasteiger partial charge in [0.15, 0.2) is 0 Å². The molecule has 22 heavy (non-hydrogen) atoms. The van der Waals surface area contributed by atoms with Crippen molar-refractivity contribution in [3.05, 3.63) is 18.2 Å². The van der Waals surface area contributed by atoms with Gasteiger partial charge in [-0.1, -0.05) is 0 Å². The molecule has 5 nitrogen and oxygen atoms in total. The van der Waals surface area contributed by atoms with E-state index in [0.29, 0.717) is 18.0 Å². The number of piperidine rings is 1. The molecule has 1 amide bonds. The summed E-state index contributed by atoms with van der Waals surface area (Å²) >= 11 is 0. The van der Waals surface area contributed by atoms with Crippen molar-refractivity contribution in [2.75, 3.05) is 6.54 Å². The third-order valence-electron chi connectivity index (χ3n) is 5.12. The van der Waals surface area contributed by atoms with Gasteiger partial charge in [0.2, 0.25) is 5.91 Å². The van der Waals surface area contributed by atoms with E-state index >= 15 is 0 Å². The first kappa shape index (κ1) is 15.5. The molecular formula is C17H28N4O. The van der Waals surface area contributed by atoms with E-state index in [9.17, 15) is 4.79 Å². The van der Waals surface area contributed by atoms with Crippen LogP contribution in [0.1, 0.15) is 50.8 Å². The van der Waals surface area contributed by atoms with Crippen molar-refractivity contribution in [1.82, 2.24) is 20.2 Å². The first-order chi connectivity index (χ1) is 10.7. The number of imidazole rings is 1. The van der Waals surface area contributed by atoms with Gasteiger partial charge in [0, 0.05) is 44.0 Å². The summed E-state index contributed by atoms with van der Waals surface area (Å²) in [6.45, 7) is 3.80. The molecule has 2 aliphatic heterocycles. The van der Waals surface area contributed by atoms with Crippen LogP contribution in [-0.2, 0) is 11.3 Å². The van der Waals surface area contributed by atoms with Crippen molar-refractivity contribution < 1.29 is 4.79 Å². The lowest BCUT2D eigenvalue weighted by molar-refractivity contribution is -0.122. The summed E-state index contributed by atoms with van der Waals surface area (Å²) in [6.07, 6.45) is 11.6. The van der Waals surface area contributed by atoms with Gasteiger partial charge in [0.25, 0.3) is 0 Å². The number of hydrogen-bond donors (Lipinski definition) is 2. The molecule has 2 bridgehead atoms. The zero-order valence-electron chi connectivity index (χ0n) is 13.6. The Morgan fingerprint density at radius 3 is 2.82 bits per heavy atom. The van der Waals surface area contributed by atoms with Crippen molar-refractivity contribution >= 4 is 5.91 Å². The minimum atomic E-state index is 0.241. The molecule has 0 aliphatic carbocycles. The summed E-state index contributed by atoms with van der Waals surface area (Å²) in [6, 6.07) is 1.35. The highest BCUT2D eigenvalue weighted by Gasteiger charge is 2.33. The molecule has 2 atom stereocenters. The van der Waals surface area contributed by atoms with E-state index in [1.807, 2.05) is 19.3 Å². The number of fused-ring (bicyclic) bond motifs is 2. The molecule has 2 N–H and O–H groups in total. The van der Waals surface area contributed by atoms with Crippen LogP contribution in [-0.4, -0.2) is 34.1 Å². The fourth-order valence-electron chi connectivity index (χ4n) is 3.95. The fraction of sp³-hybridized carbons (Fsp3) is 0.765. The summed E-state index contributed by atoms with van der Waals surface area (Å²) in [5.74, 6) is 1.89. The second-order valence-electron chi connectivity index (χ2n) is 6.90. The van der Waals surface area contributed by atoms with Crippen LogP contribution >= 0.6 is 0 Å². The molecule has 2 saturated heterocycles. The van der Waals surface area contributed by atoms with E-state index in [-0.39, 0.29) is 5.91 Å². The number of unbranched alkanes of at least 4 members (excludes halogenated alkanes) is 1. The number of aryl methyl sites for hydroxylation is 2. The summed E-state index contributed by atoms with van der Waals surface area (Å²) < 4.78 is 2.16. The minimum Gasteiger partial charge on any atom is -0.356 e. The van der Waals surface area contributed by atoms with Crippen LogP contribution in [0.4, 0.5) is 0 Å². The molecule has 0 saturated carbocycles. The molecule has 0 radical (unpaired) electrons. The maximum atomic E-state index is 12.0. The van der Waals surface area contributed by atoms with Crippen molar-refractivity contribution in [3.63, 3.8) is 0 Å². The zero-order chi connectivity index (χ0) is 15.4. The monoisotopic (exact) mass is 304 g/mol. The number of hydrogen-bond acceptors (Lipinski definition) is 3. The number of aromatic nitrogens is 2. The van der Waals surface area contributed by atoms with Gasteiger partial charge in [-0.3, -0.25) is 4.79 Å². The SMILES string of the molecule is Cc1nccn1CCCCNC(=O)CC1CC2CCC(C1)N2. The smallest absolute Gasteiger partial charge is 0.220 e. The van der Waals surface area contributed by atoms with Crippen molar-refractivity contribution in [1.29, 1.82) is 0 Å². The Balaban J connectivity index is 1.27. The van der Waals surface area contributed by atoms with Gasteiger partial charge >= 0.3 is 0 Å². The highest BCUT2D eigenvalue weighted by molar-refractivity contribution is 5.76. The summed E-state index contributed by atoms with van der Waals surface area (Å²) in [5.41, 5.74) is 0. The highest BCUT2D eigenvalue weighted by atomic mass is 16.1. The Morgan fingerprint density at radius 1 is 1.36 bits per heavy atom. The molecule has 3 rings (SSSR count). The number of rotatable bonds is 7. The lowest BCUT2D eigenvalue weighted by atomic mass is 9.89. The molecule has 5 heteroatoms. The second-order valence-corrected chi connectivity index (χ2v) is 6.90. The van der Waals surface area contributed by atoms with Crippen molar-refractivity contribution in [2.45, 2.75) is 70.5 Å². The molecule has 1 aromatic rings. The molecule has 2 unspecified atom stereocenters. The molecule has 2 aliphatic rings. The quantitative estimate of drug-likeness (QED) is 0.758. The first-order valence-corrected chi connectivity index (χ1v) is 8.71. The Bertz CT molecular complexity index is 487. The van der Waals surface area contributed by atoms with Gasteiger partial charge in [-0.25, -0.2) is 4.98 Å². The van der Waals surface area contributed by atoms with Crippen molar-refractivity contribution in [2.24, 2.45) is 5.92 Å². The molecule has 1 aromatic heterocycles. The second kappa shape index (κ2) is 7.27. The number of amides is 1. The molecule has 0 aromatic carbocycles. The highest BCUT2D eigenvalue weighted by Crippen LogP contribution is 2.32. The van der Waals surface area contributed by atoms with E-state index < -0.39 is 0 Å². The van der Waals surface area contributed by atoms with Gasteiger partial charge in [0.1, 0.15) is 5.82 Å². The van der Waals surface area contributed by atoms with Gasteiger partial charge < -0.3 is 15.2 Å². The van der Waals surface area contributed by atoms with Crippen LogP contribution < -0.4 is 10.6 Å². The van der Waals surface area contributed by atoms with Gasteiger partial charge in [-0.05, 0) is 51.4 Å². The minimum absolute atomic E-state index is 0.241. The van der Waals surface area contributed by atoms with Crippen LogP contribution in [0, 0.1) is 12.8 Å². The summed E-state index contributed by atoms with van der Waals surface area (Å²) in [5, 5.41) is 6.72. The largest absolute Gasteiger partial charge is 0.356 e. The predicted molar refractivity (Wildman–Crippen MR) is 86.5 cm³/mol. The van der Waals surface area contributed by atoms with Crippen LogP contribution in [0.5, 0.6) is 0 Å². The maximum Gasteiger partial charge on any atom is 0.220 e. The summed E-state index contributed by atoms with van der Waals surface area (Å²) in [4.78, 5) is 16.3. The van der Waals surface area contributed by atoms with E-state index in [1.165, 1.54) is 25.7 Å². The zero-order valence-corrected chi connectivity index (χ0v) is 13.6. The molecular weight excluding hydrogens is 276 g/mol. The number of nitrogens with zero attached hydrogens (tertiary/aromatic N) is 2. The third kappa shape index (κ3) is 4.09. The third-order valence-corrected chi connectivity index (χ3v) is 5.12. The Labute approximate surface area is 132 Å². The van der Waals surface area contributed by atoms with E-state index in [4.69, 9.17) is 0 Å². The van der Waals surface area contributed by atoms with Crippen LogP contribution in [0.2, 0.25) is 0 Å². The standard InChI is InChI=1S/C17H28N4O/c1-13-18-7-9-21(13)8-3-2-6-19-17(22)12-14-10-15-4-5-16(11-14)20-15/h7,9,14-16,20H,2-6,8,10-12H2,1H3,(H,19,22). The predicted octanol–water partition coefficient (Wildman–Crippen LogP) is 2.01. The lowest BCUT2D eigenvalue weighted by Gasteiger charge is -2.28. The van der Waals surface area contributed by atoms with E-state index in [2.05, 4.69) is 20.2 Å². The lowest BCUT2D eigenvalue weighted by Crippen LogP contribution is -2.39. The van der Waals surface area contributed by atoms with Gasteiger partial charge in [-0.2, -0.15) is 0 Å². The Morgan fingerprint density at radius 2 is 2.14 bits per heavy atom. The molecule has 3 heterocycles. The Hall–Kier alpha value is -1.36. The van der Waals surface area contributed by atoms with E-state index in [0.717, 1.165) is 38.2 Å². The first-order valence-electron chi connectivity index (χ1n) is 8.71. The van der Waals surface area contributed by atoms with Gasteiger partial charge in [0.05, 0.1) is 0 Å². The molecule has 122 valence electrons. The average molecular weight is 304 g/mol. The summed E-state index contributed by atoms with van der Waals surface area (Å²) in [7, 11) is 0. The fourth-order valence-corrected chi connectivity index (χ4v) is 3.95. The number of carbonyl (C=O) groups is 1. The topological polar surface area (TPSA) is 59.0 Å². The molecule has 0 spiro atoms. The average Bonchev–Trinajstić information content (AvgIpc) is 3.04. The molecule has 2 fully saturated rings. The maximum absolute atomic E-state index is 12.0. The van der Waals surface area contributed by atoms with E-state index in [1.54, 1.807) is 0 Å². The van der Waals surface area contributed by atoms with Crippen LogP contribution in [0.15, 0.2) is 12.4 Å².